The molecule has 1 heterocycles. The van der Waals surface area contributed by atoms with E-state index in [1.807, 2.05) is 25.1 Å². The highest BCUT2D eigenvalue weighted by atomic mass is 16.5. The van der Waals surface area contributed by atoms with Gasteiger partial charge in [-0.05, 0) is 36.2 Å². The van der Waals surface area contributed by atoms with E-state index in [0.717, 1.165) is 16.8 Å². The van der Waals surface area contributed by atoms with Gasteiger partial charge in [0.05, 0.1) is 7.11 Å². The van der Waals surface area contributed by atoms with Gasteiger partial charge in [0.2, 0.25) is 5.88 Å². The summed E-state index contributed by atoms with van der Waals surface area (Å²) in [6.45, 7) is 2.64. The molecule has 0 fully saturated rings. The molecule has 0 aliphatic carbocycles. The molecule has 18 heavy (non-hydrogen) atoms. The molecule has 0 spiro atoms. The number of phenolic OH excluding ortho intramolecular Hbond substituents is 1. The van der Waals surface area contributed by atoms with Crippen LogP contribution < -0.4 is 10.1 Å². The Morgan fingerprint density at radius 3 is 2.72 bits per heavy atom. The van der Waals surface area contributed by atoms with Crippen LogP contribution in [0.1, 0.15) is 11.1 Å². The van der Waals surface area contributed by atoms with Gasteiger partial charge < -0.3 is 15.2 Å². The number of phenols is 1. The molecule has 4 heteroatoms. The molecule has 0 saturated carbocycles. The van der Waals surface area contributed by atoms with Gasteiger partial charge in [-0.15, -0.1) is 0 Å². The number of nitrogens with zero attached hydrogens (tertiary/aromatic N) is 1. The number of hydrogen-bond acceptors (Lipinski definition) is 4. The van der Waals surface area contributed by atoms with E-state index in [2.05, 4.69) is 10.3 Å². The molecule has 2 N–H and O–H groups in total. The van der Waals surface area contributed by atoms with E-state index in [0.29, 0.717) is 12.4 Å². The van der Waals surface area contributed by atoms with Crippen molar-refractivity contribution in [2.75, 3.05) is 12.4 Å². The Labute approximate surface area is 106 Å². The lowest BCUT2D eigenvalue weighted by Crippen LogP contribution is -2.01. The molecule has 0 unspecified atom stereocenters. The maximum absolute atomic E-state index is 9.33. The second-order valence-corrected chi connectivity index (χ2v) is 4.06. The molecule has 94 valence electrons. The Balaban J connectivity index is 2.02. The van der Waals surface area contributed by atoms with E-state index >= 15 is 0 Å². The summed E-state index contributed by atoms with van der Waals surface area (Å²) in [5, 5.41) is 12.6. The van der Waals surface area contributed by atoms with Gasteiger partial charge in [-0.1, -0.05) is 6.07 Å². The van der Waals surface area contributed by atoms with E-state index in [9.17, 15) is 5.11 Å². The van der Waals surface area contributed by atoms with Gasteiger partial charge in [0.1, 0.15) is 5.75 Å². The second-order valence-electron chi connectivity index (χ2n) is 4.06. The summed E-state index contributed by atoms with van der Waals surface area (Å²) < 4.78 is 5.00. The Morgan fingerprint density at radius 2 is 2.11 bits per heavy atom. The second kappa shape index (κ2) is 5.40. The van der Waals surface area contributed by atoms with Crippen molar-refractivity contribution < 1.29 is 9.84 Å². The number of rotatable bonds is 4. The molecule has 0 aliphatic heterocycles. The van der Waals surface area contributed by atoms with Crippen molar-refractivity contribution in [1.29, 1.82) is 0 Å². The highest BCUT2D eigenvalue weighted by Gasteiger charge is 2.00. The predicted molar refractivity (Wildman–Crippen MR) is 71.0 cm³/mol. The van der Waals surface area contributed by atoms with Gasteiger partial charge in [-0.3, -0.25) is 0 Å². The zero-order valence-electron chi connectivity index (χ0n) is 10.5. The smallest absolute Gasteiger partial charge is 0.212 e. The largest absolute Gasteiger partial charge is 0.508 e. The molecular formula is C14H16N2O2. The van der Waals surface area contributed by atoms with Gasteiger partial charge in [0.25, 0.3) is 0 Å². The minimum Gasteiger partial charge on any atom is -0.508 e. The van der Waals surface area contributed by atoms with Crippen LogP contribution in [0.3, 0.4) is 0 Å². The molecule has 4 nitrogen and oxygen atoms in total. The summed E-state index contributed by atoms with van der Waals surface area (Å²) in [7, 11) is 1.60. The van der Waals surface area contributed by atoms with E-state index in [1.54, 1.807) is 25.4 Å². The first-order valence-electron chi connectivity index (χ1n) is 5.71. The normalized spacial score (nSPS) is 10.1. The molecule has 0 bridgehead atoms. The number of anilines is 1. The third-order valence-corrected chi connectivity index (χ3v) is 2.70. The number of aromatic nitrogens is 1. The maximum atomic E-state index is 9.33. The SMILES string of the molecule is COc1ccc(CNc2ccc(O)cc2C)cn1. The van der Waals surface area contributed by atoms with Crippen LogP contribution in [-0.2, 0) is 6.54 Å². The number of aryl methyl sites for hydroxylation is 1. The van der Waals surface area contributed by atoms with Crippen LogP contribution in [0.2, 0.25) is 0 Å². The summed E-state index contributed by atoms with van der Waals surface area (Å²) in [6, 6.07) is 9.06. The summed E-state index contributed by atoms with van der Waals surface area (Å²) in [5.41, 5.74) is 3.09. The number of nitrogens with one attached hydrogen (secondary N) is 1. The first-order valence-corrected chi connectivity index (χ1v) is 5.71. The quantitative estimate of drug-likeness (QED) is 0.812. The molecule has 0 atom stereocenters. The van der Waals surface area contributed by atoms with E-state index in [4.69, 9.17) is 4.74 Å². The van der Waals surface area contributed by atoms with Crippen molar-refractivity contribution in [3.8, 4) is 11.6 Å². The van der Waals surface area contributed by atoms with E-state index in [1.165, 1.54) is 0 Å². The summed E-state index contributed by atoms with van der Waals surface area (Å²) in [6.07, 6.45) is 1.78. The highest BCUT2D eigenvalue weighted by molar-refractivity contribution is 5.53. The fraction of sp³-hybridized carbons (Fsp3) is 0.214. The van der Waals surface area contributed by atoms with Gasteiger partial charge >= 0.3 is 0 Å². The zero-order valence-corrected chi connectivity index (χ0v) is 10.5. The molecule has 0 amide bonds. The highest BCUT2D eigenvalue weighted by Crippen LogP contribution is 2.20. The van der Waals surface area contributed by atoms with Crippen molar-refractivity contribution in [2.45, 2.75) is 13.5 Å². The fourth-order valence-electron chi connectivity index (χ4n) is 1.68. The third-order valence-electron chi connectivity index (χ3n) is 2.70. The number of ether oxygens (including phenoxy) is 1. The van der Waals surface area contributed by atoms with Crippen LogP contribution in [0, 0.1) is 6.92 Å². The van der Waals surface area contributed by atoms with Gasteiger partial charge in [0.15, 0.2) is 0 Å². The van der Waals surface area contributed by atoms with Gasteiger partial charge in [-0.2, -0.15) is 0 Å². The first kappa shape index (κ1) is 12.2. The molecule has 2 rings (SSSR count). The lowest BCUT2D eigenvalue weighted by molar-refractivity contribution is 0.397. The minimum absolute atomic E-state index is 0.282. The Kier molecular flexibility index (Phi) is 3.67. The fourth-order valence-corrected chi connectivity index (χ4v) is 1.68. The third kappa shape index (κ3) is 2.91. The Morgan fingerprint density at radius 1 is 1.28 bits per heavy atom. The molecule has 0 saturated heterocycles. The van der Waals surface area contributed by atoms with E-state index in [-0.39, 0.29) is 5.75 Å². The number of methoxy groups -OCH3 is 1. The molecule has 1 aromatic heterocycles. The molecule has 0 radical (unpaired) electrons. The van der Waals surface area contributed by atoms with Crippen molar-refractivity contribution in [3.63, 3.8) is 0 Å². The van der Waals surface area contributed by atoms with E-state index < -0.39 is 0 Å². The van der Waals surface area contributed by atoms with Gasteiger partial charge in [0, 0.05) is 24.5 Å². The topological polar surface area (TPSA) is 54.4 Å². The van der Waals surface area contributed by atoms with Crippen LogP contribution >= 0.6 is 0 Å². The van der Waals surface area contributed by atoms with Crippen molar-refractivity contribution in [1.82, 2.24) is 4.98 Å². The lowest BCUT2D eigenvalue weighted by Gasteiger charge is -2.10. The van der Waals surface area contributed by atoms with Crippen LogP contribution in [0.25, 0.3) is 0 Å². The standard InChI is InChI=1S/C14H16N2O2/c1-10-7-12(17)4-5-13(10)15-8-11-3-6-14(18-2)16-9-11/h3-7,9,15,17H,8H2,1-2H3. The summed E-state index contributed by atoms with van der Waals surface area (Å²) >= 11 is 0. The van der Waals surface area contributed by atoms with Crippen molar-refractivity contribution >= 4 is 5.69 Å². The van der Waals surface area contributed by atoms with Crippen LogP contribution in [0.5, 0.6) is 11.6 Å². The Bertz CT molecular complexity index is 524. The van der Waals surface area contributed by atoms with Crippen LogP contribution in [0.15, 0.2) is 36.5 Å². The zero-order chi connectivity index (χ0) is 13.0. The minimum atomic E-state index is 0.282. The monoisotopic (exact) mass is 244 g/mol. The average Bonchev–Trinajstić information content (AvgIpc) is 2.38. The maximum Gasteiger partial charge on any atom is 0.212 e. The van der Waals surface area contributed by atoms with Crippen LogP contribution in [0.4, 0.5) is 5.69 Å². The number of pyridine rings is 1. The van der Waals surface area contributed by atoms with Gasteiger partial charge in [-0.25, -0.2) is 4.98 Å². The molecule has 2 aromatic rings. The lowest BCUT2D eigenvalue weighted by atomic mass is 10.2. The molecule has 1 aromatic carbocycles. The number of benzene rings is 1. The van der Waals surface area contributed by atoms with Crippen LogP contribution in [-0.4, -0.2) is 17.2 Å². The predicted octanol–water partition coefficient (Wildman–Crippen LogP) is 2.72. The summed E-state index contributed by atoms with van der Waals surface area (Å²) in [5.74, 6) is 0.892. The Hall–Kier alpha value is -2.23. The number of aromatic hydroxyl groups is 1. The first-order chi connectivity index (χ1) is 8.69. The van der Waals surface area contributed by atoms with Crippen molar-refractivity contribution in [3.05, 3.63) is 47.7 Å². The summed E-state index contributed by atoms with van der Waals surface area (Å²) in [4.78, 5) is 4.14. The number of hydrogen-bond donors (Lipinski definition) is 2. The average molecular weight is 244 g/mol. The molecular weight excluding hydrogens is 228 g/mol. The van der Waals surface area contributed by atoms with Crippen molar-refractivity contribution in [2.24, 2.45) is 0 Å². The molecule has 0 aliphatic rings.